The van der Waals surface area contributed by atoms with Crippen LogP contribution in [-0.2, 0) is 19.1 Å². The van der Waals surface area contributed by atoms with Gasteiger partial charge in [0.2, 0.25) is 5.91 Å². The summed E-state index contributed by atoms with van der Waals surface area (Å²) >= 11 is 0. The van der Waals surface area contributed by atoms with Crippen molar-refractivity contribution in [2.45, 2.75) is 225 Å². The van der Waals surface area contributed by atoms with E-state index < -0.39 is 12.0 Å². The number of hydrogen-bond donors (Lipinski definition) is 3. The molecule has 282 valence electrons. The van der Waals surface area contributed by atoms with E-state index in [2.05, 4.69) is 31.3 Å². The molecular formula is C41H78N2O5. The molecule has 0 spiro atoms. The molecule has 0 saturated heterocycles. The van der Waals surface area contributed by atoms with Crippen molar-refractivity contribution in [1.29, 1.82) is 0 Å². The van der Waals surface area contributed by atoms with E-state index in [1.54, 1.807) is 0 Å². The molecule has 7 nitrogen and oxygen atoms in total. The lowest BCUT2D eigenvalue weighted by Crippen LogP contribution is -2.40. The molecule has 48 heavy (non-hydrogen) atoms. The van der Waals surface area contributed by atoms with Crippen molar-refractivity contribution >= 4 is 17.8 Å². The largest absolute Gasteiger partial charge is 0.480 e. The number of allylic oxidation sites excluding steroid dienone is 1. The Labute approximate surface area is 296 Å². The van der Waals surface area contributed by atoms with Gasteiger partial charge in [0.1, 0.15) is 12.1 Å². The summed E-state index contributed by atoms with van der Waals surface area (Å²) in [7, 11) is 0. The van der Waals surface area contributed by atoms with Crippen LogP contribution in [0.15, 0.2) is 12.2 Å². The van der Waals surface area contributed by atoms with Crippen LogP contribution in [0, 0.1) is 0 Å². The maximum atomic E-state index is 12.7. The minimum atomic E-state index is -1.00. The smallest absolute Gasteiger partial charge is 0.326 e. The molecule has 0 aliphatic rings. The third-order valence-electron chi connectivity index (χ3n) is 9.32. The van der Waals surface area contributed by atoms with Crippen LogP contribution >= 0.6 is 0 Å². The van der Waals surface area contributed by atoms with Gasteiger partial charge in [-0.05, 0) is 64.0 Å². The second-order valence-corrected chi connectivity index (χ2v) is 14.1. The number of carbonyl (C=O) groups excluding carboxylic acids is 2. The van der Waals surface area contributed by atoms with E-state index in [-0.39, 0.29) is 18.0 Å². The SMILES string of the molecule is CCCCCCCCC/C=C\C(CCCCCCCCC(=O)NC(CCCN)C(=O)O)OC(=O)CCCCCCCCCCCCCC. The van der Waals surface area contributed by atoms with E-state index >= 15 is 0 Å². The lowest BCUT2D eigenvalue weighted by atomic mass is 10.0. The van der Waals surface area contributed by atoms with Crippen molar-refractivity contribution in [1.82, 2.24) is 5.32 Å². The number of rotatable bonds is 37. The number of unbranched alkanes of at least 4 members (excludes halogenated alkanes) is 23. The predicted octanol–water partition coefficient (Wildman–Crippen LogP) is 11.1. The van der Waals surface area contributed by atoms with Gasteiger partial charge in [0.25, 0.3) is 0 Å². The Hall–Kier alpha value is -1.89. The highest BCUT2D eigenvalue weighted by atomic mass is 16.5. The van der Waals surface area contributed by atoms with Gasteiger partial charge in [-0.25, -0.2) is 4.79 Å². The highest BCUT2D eigenvalue weighted by Crippen LogP contribution is 2.16. The van der Waals surface area contributed by atoms with Gasteiger partial charge >= 0.3 is 11.9 Å². The Morgan fingerprint density at radius 2 is 1.06 bits per heavy atom. The molecule has 0 aliphatic carbocycles. The number of esters is 1. The molecule has 2 unspecified atom stereocenters. The van der Waals surface area contributed by atoms with Crippen LogP contribution in [-0.4, -0.2) is 41.6 Å². The number of nitrogens with two attached hydrogens (primary N) is 1. The van der Waals surface area contributed by atoms with E-state index in [0.717, 1.165) is 64.2 Å². The molecule has 0 aromatic rings. The van der Waals surface area contributed by atoms with Crippen LogP contribution in [0.4, 0.5) is 0 Å². The molecule has 0 aromatic carbocycles. The third kappa shape index (κ3) is 32.6. The molecule has 1 amide bonds. The average Bonchev–Trinajstić information content (AvgIpc) is 3.07. The van der Waals surface area contributed by atoms with Gasteiger partial charge in [-0.1, -0.05) is 155 Å². The summed E-state index contributed by atoms with van der Waals surface area (Å²) in [5.74, 6) is -1.26. The summed E-state index contributed by atoms with van der Waals surface area (Å²) in [4.78, 5) is 36.1. The number of hydrogen-bond acceptors (Lipinski definition) is 5. The van der Waals surface area contributed by atoms with Crippen LogP contribution in [0.2, 0.25) is 0 Å². The molecule has 0 aliphatic heterocycles. The van der Waals surface area contributed by atoms with Crippen LogP contribution in [0.5, 0.6) is 0 Å². The third-order valence-corrected chi connectivity index (χ3v) is 9.32. The van der Waals surface area contributed by atoms with E-state index in [0.29, 0.717) is 32.2 Å². The van der Waals surface area contributed by atoms with Crippen molar-refractivity contribution in [3.05, 3.63) is 12.2 Å². The number of carboxylic acid groups (broad SMARTS) is 1. The summed E-state index contributed by atoms with van der Waals surface area (Å²) in [6.07, 6.45) is 38.4. The number of ether oxygens (including phenoxy) is 1. The summed E-state index contributed by atoms with van der Waals surface area (Å²) in [6, 6.07) is -0.850. The van der Waals surface area contributed by atoms with Crippen LogP contribution < -0.4 is 11.1 Å². The first-order valence-corrected chi connectivity index (χ1v) is 20.5. The van der Waals surface area contributed by atoms with Gasteiger partial charge in [0, 0.05) is 12.8 Å². The molecule has 7 heteroatoms. The highest BCUT2D eigenvalue weighted by molar-refractivity contribution is 5.83. The van der Waals surface area contributed by atoms with Crippen LogP contribution in [0.1, 0.15) is 213 Å². The Morgan fingerprint density at radius 1 is 0.604 bits per heavy atom. The number of nitrogens with one attached hydrogen (secondary N) is 1. The van der Waals surface area contributed by atoms with Crippen molar-refractivity contribution < 1.29 is 24.2 Å². The molecule has 0 rings (SSSR count). The fourth-order valence-electron chi connectivity index (χ4n) is 6.18. The molecule has 2 atom stereocenters. The Balaban J connectivity index is 4.28. The molecule has 0 fully saturated rings. The molecule has 0 saturated carbocycles. The first kappa shape index (κ1) is 46.1. The standard InChI is InChI=1S/C41H78N2O5/c1-3-5-7-9-11-13-14-15-17-19-25-29-35-40(45)48-37(31-26-22-18-16-12-10-8-6-4-2)32-27-23-20-21-24-28-34-39(44)43-38(41(46)47)33-30-36-42/h26,31,37-38H,3-25,27-30,32-36,42H2,1-2H3,(H,43,44)(H,46,47)/b31-26-. The zero-order chi connectivity index (χ0) is 35.3. The van der Waals surface area contributed by atoms with Crippen LogP contribution in [0.3, 0.4) is 0 Å². The number of carbonyl (C=O) groups is 3. The molecule has 0 aromatic heterocycles. The Kier molecular flexibility index (Phi) is 35.0. The van der Waals surface area contributed by atoms with Gasteiger partial charge in [-0.15, -0.1) is 0 Å². The van der Waals surface area contributed by atoms with Gasteiger partial charge in [-0.3, -0.25) is 9.59 Å². The van der Waals surface area contributed by atoms with E-state index in [4.69, 9.17) is 10.5 Å². The van der Waals surface area contributed by atoms with Crippen LogP contribution in [0.25, 0.3) is 0 Å². The second-order valence-electron chi connectivity index (χ2n) is 14.1. The molecule has 0 heterocycles. The summed E-state index contributed by atoms with van der Waals surface area (Å²) in [5.41, 5.74) is 5.47. The maximum Gasteiger partial charge on any atom is 0.326 e. The van der Waals surface area contributed by atoms with Gasteiger partial charge in [0.05, 0.1) is 0 Å². The lowest BCUT2D eigenvalue weighted by Gasteiger charge is -2.15. The van der Waals surface area contributed by atoms with Crippen molar-refractivity contribution in [3.8, 4) is 0 Å². The van der Waals surface area contributed by atoms with Gasteiger partial charge < -0.3 is 20.9 Å². The molecule has 0 bridgehead atoms. The fourth-order valence-corrected chi connectivity index (χ4v) is 6.18. The lowest BCUT2D eigenvalue weighted by molar-refractivity contribution is -0.147. The van der Waals surface area contributed by atoms with Crippen molar-refractivity contribution in [3.63, 3.8) is 0 Å². The van der Waals surface area contributed by atoms with E-state index in [1.807, 2.05) is 0 Å². The maximum absolute atomic E-state index is 12.7. The minimum absolute atomic E-state index is 0.0564. The highest BCUT2D eigenvalue weighted by Gasteiger charge is 2.18. The first-order chi connectivity index (χ1) is 23.4. The number of amides is 1. The quantitative estimate of drug-likeness (QED) is 0.0342. The minimum Gasteiger partial charge on any atom is -0.480 e. The molecular weight excluding hydrogens is 600 g/mol. The molecule has 0 radical (unpaired) electrons. The van der Waals surface area contributed by atoms with E-state index in [9.17, 15) is 19.5 Å². The Morgan fingerprint density at radius 3 is 1.56 bits per heavy atom. The summed E-state index contributed by atoms with van der Waals surface area (Å²) < 4.78 is 5.95. The topological polar surface area (TPSA) is 119 Å². The number of carboxylic acids is 1. The number of aliphatic carboxylic acids is 1. The van der Waals surface area contributed by atoms with E-state index in [1.165, 1.54) is 109 Å². The summed E-state index contributed by atoms with van der Waals surface area (Å²) in [6.45, 7) is 4.93. The summed E-state index contributed by atoms with van der Waals surface area (Å²) in [5, 5.41) is 11.9. The van der Waals surface area contributed by atoms with Gasteiger partial charge in [0.15, 0.2) is 0 Å². The first-order valence-electron chi connectivity index (χ1n) is 20.5. The van der Waals surface area contributed by atoms with Crippen molar-refractivity contribution in [2.24, 2.45) is 5.73 Å². The zero-order valence-electron chi connectivity index (χ0n) is 31.6. The van der Waals surface area contributed by atoms with Crippen molar-refractivity contribution in [2.75, 3.05) is 6.54 Å². The zero-order valence-corrected chi connectivity index (χ0v) is 31.6. The second kappa shape index (κ2) is 36.4. The van der Waals surface area contributed by atoms with Gasteiger partial charge in [-0.2, -0.15) is 0 Å². The molecule has 4 N–H and O–H groups in total. The predicted molar refractivity (Wildman–Crippen MR) is 202 cm³/mol. The normalized spacial score (nSPS) is 12.7. The Bertz CT molecular complexity index is 772. The fraction of sp³-hybridized carbons (Fsp3) is 0.878. The average molecular weight is 679 g/mol. The monoisotopic (exact) mass is 679 g/mol.